The van der Waals surface area contributed by atoms with E-state index in [1.807, 2.05) is 44.2 Å². The van der Waals surface area contributed by atoms with Crippen LogP contribution in [0.25, 0.3) is 6.08 Å². The molecule has 3 aromatic rings. The molecule has 0 aliphatic heterocycles. The van der Waals surface area contributed by atoms with Crippen LogP contribution in [0.15, 0.2) is 66.2 Å². The summed E-state index contributed by atoms with van der Waals surface area (Å²) in [4.78, 5) is 23.1. The van der Waals surface area contributed by atoms with Crippen molar-refractivity contribution in [2.24, 2.45) is 0 Å². The number of nitriles is 1. The van der Waals surface area contributed by atoms with Gasteiger partial charge in [-0.15, -0.1) is 0 Å². The van der Waals surface area contributed by atoms with E-state index in [4.69, 9.17) is 9.47 Å². The number of benzene rings is 3. The molecule has 0 heterocycles. The molecule has 0 radical (unpaired) electrons. The van der Waals surface area contributed by atoms with Crippen molar-refractivity contribution in [3.8, 4) is 17.6 Å². The SMILES string of the molecule is CCOc1cc(/C=C(\C#N)C(=O)Nc2ccc([N+](=O)[O-])cc2C)ccc1OCc1ccc(C)cc1. The zero-order valence-electron chi connectivity index (χ0n) is 19.7. The zero-order valence-corrected chi connectivity index (χ0v) is 19.7. The molecule has 0 aromatic heterocycles. The molecule has 0 atom stereocenters. The van der Waals surface area contributed by atoms with Crippen molar-refractivity contribution in [1.82, 2.24) is 0 Å². The fraction of sp³-hybridized carbons (Fsp3) is 0.185. The number of nitrogens with zero attached hydrogens (tertiary/aromatic N) is 2. The summed E-state index contributed by atoms with van der Waals surface area (Å²) in [6, 6.07) is 19.2. The average Bonchev–Trinajstić information content (AvgIpc) is 2.84. The van der Waals surface area contributed by atoms with Crippen LogP contribution in [-0.2, 0) is 11.4 Å². The minimum Gasteiger partial charge on any atom is -0.490 e. The van der Waals surface area contributed by atoms with E-state index < -0.39 is 10.8 Å². The Morgan fingerprint density at radius 3 is 2.43 bits per heavy atom. The quantitative estimate of drug-likeness (QED) is 0.184. The Morgan fingerprint density at radius 1 is 1.06 bits per heavy atom. The largest absolute Gasteiger partial charge is 0.490 e. The highest BCUT2D eigenvalue weighted by molar-refractivity contribution is 6.10. The fourth-order valence-electron chi connectivity index (χ4n) is 3.25. The summed E-state index contributed by atoms with van der Waals surface area (Å²) in [6.07, 6.45) is 1.45. The molecule has 0 fully saturated rings. The zero-order chi connectivity index (χ0) is 25.4. The second-order valence-corrected chi connectivity index (χ2v) is 7.79. The van der Waals surface area contributed by atoms with Crippen LogP contribution in [0.5, 0.6) is 11.5 Å². The topological polar surface area (TPSA) is 114 Å². The molecule has 0 unspecified atom stereocenters. The van der Waals surface area contributed by atoms with E-state index in [0.29, 0.717) is 41.5 Å². The number of carbonyl (C=O) groups excluding carboxylic acids is 1. The van der Waals surface area contributed by atoms with Crippen molar-refractivity contribution in [3.05, 3.63) is 98.6 Å². The lowest BCUT2D eigenvalue weighted by Crippen LogP contribution is -2.14. The summed E-state index contributed by atoms with van der Waals surface area (Å²) >= 11 is 0. The Hall–Kier alpha value is -4.64. The van der Waals surface area contributed by atoms with E-state index in [-0.39, 0.29) is 11.3 Å². The van der Waals surface area contributed by atoms with Gasteiger partial charge in [0.1, 0.15) is 18.2 Å². The number of ether oxygens (including phenoxy) is 2. The molecule has 1 amide bonds. The van der Waals surface area contributed by atoms with Crippen molar-refractivity contribution in [2.45, 2.75) is 27.4 Å². The molecular formula is C27H25N3O5. The molecule has 0 aliphatic carbocycles. The fourth-order valence-corrected chi connectivity index (χ4v) is 3.25. The first-order chi connectivity index (χ1) is 16.8. The Kier molecular flexibility index (Phi) is 8.20. The smallest absolute Gasteiger partial charge is 0.269 e. The molecule has 0 saturated carbocycles. The van der Waals surface area contributed by atoms with Crippen molar-refractivity contribution in [3.63, 3.8) is 0 Å². The highest BCUT2D eigenvalue weighted by atomic mass is 16.6. The number of carbonyl (C=O) groups is 1. The number of non-ortho nitro benzene ring substituents is 1. The van der Waals surface area contributed by atoms with Crippen molar-refractivity contribution < 1.29 is 19.2 Å². The van der Waals surface area contributed by atoms with E-state index in [2.05, 4.69) is 5.32 Å². The minimum atomic E-state index is -0.623. The molecule has 0 spiro atoms. The third kappa shape index (κ3) is 6.68. The van der Waals surface area contributed by atoms with Gasteiger partial charge in [-0.05, 0) is 61.7 Å². The van der Waals surface area contributed by atoms with Crippen LogP contribution in [0.3, 0.4) is 0 Å². The molecule has 3 aromatic carbocycles. The summed E-state index contributed by atoms with van der Waals surface area (Å²) in [6.45, 7) is 6.30. The first-order valence-corrected chi connectivity index (χ1v) is 10.9. The lowest BCUT2D eigenvalue weighted by molar-refractivity contribution is -0.384. The van der Waals surface area contributed by atoms with Gasteiger partial charge in [-0.3, -0.25) is 14.9 Å². The first-order valence-electron chi connectivity index (χ1n) is 10.9. The monoisotopic (exact) mass is 471 g/mol. The van der Waals surface area contributed by atoms with E-state index in [0.717, 1.165) is 5.56 Å². The second kappa shape index (κ2) is 11.5. The average molecular weight is 472 g/mol. The third-order valence-corrected chi connectivity index (χ3v) is 5.13. The number of amides is 1. The van der Waals surface area contributed by atoms with Crippen LogP contribution >= 0.6 is 0 Å². The van der Waals surface area contributed by atoms with Crippen molar-refractivity contribution in [1.29, 1.82) is 5.26 Å². The molecule has 8 nitrogen and oxygen atoms in total. The number of aryl methyl sites for hydroxylation is 2. The lowest BCUT2D eigenvalue weighted by atomic mass is 10.1. The summed E-state index contributed by atoms with van der Waals surface area (Å²) < 4.78 is 11.6. The highest BCUT2D eigenvalue weighted by Crippen LogP contribution is 2.30. The maximum absolute atomic E-state index is 12.7. The van der Waals surface area contributed by atoms with Gasteiger partial charge in [-0.25, -0.2) is 0 Å². The minimum absolute atomic E-state index is 0.0790. The number of hydrogen-bond donors (Lipinski definition) is 1. The Bertz CT molecular complexity index is 1310. The normalized spacial score (nSPS) is 10.9. The maximum atomic E-state index is 12.7. The van der Waals surface area contributed by atoms with Crippen LogP contribution in [0.4, 0.5) is 11.4 Å². The number of nitro benzene ring substituents is 1. The van der Waals surface area contributed by atoms with Crippen molar-refractivity contribution in [2.75, 3.05) is 11.9 Å². The third-order valence-electron chi connectivity index (χ3n) is 5.13. The molecule has 178 valence electrons. The van der Waals surface area contributed by atoms with Gasteiger partial charge in [0.25, 0.3) is 11.6 Å². The summed E-state index contributed by atoms with van der Waals surface area (Å²) in [5.74, 6) is 0.424. The first kappa shape index (κ1) is 25.0. The van der Waals surface area contributed by atoms with Crippen LogP contribution in [0, 0.1) is 35.3 Å². The van der Waals surface area contributed by atoms with E-state index in [1.165, 1.54) is 29.8 Å². The van der Waals surface area contributed by atoms with Gasteiger partial charge in [0.2, 0.25) is 0 Å². The molecule has 0 bridgehead atoms. The number of nitrogens with one attached hydrogen (secondary N) is 1. The molecule has 8 heteroatoms. The Morgan fingerprint density at radius 2 is 1.80 bits per heavy atom. The van der Waals surface area contributed by atoms with Crippen LogP contribution in [0.1, 0.15) is 29.2 Å². The lowest BCUT2D eigenvalue weighted by Gasteiger charge is -2.13. The Balaban J connectivity index is 1.78. The van der Waals surface area contributed by atoms with Gasteiger partial charge in [0.05, 0.1) is 11.5 Å². The predicted octanol–water partition coefficient (Wildman–Crippen LogP) is 5.74. The predicted molar refractivity (Wildman–Crippen MR) is 133 cm³/mol. The highest BCUT2D eigenvalue weighted by Gasteiger charge is 2.14. The number of rotatable bonds is 9. The molecule has 35 heavy (non-hydrogen) atoms. The van der Waals surface area contributed by atoms with Crippen molar-refractivity contribution >= 4 is 23.4 Å². The van der Waals surface area contributed by atoms with Crippen LogP contribution < -0.4 is 14.8 Å². The molecule has 3 rings (SSSR count). The van der Waals surface area contributed by atoms with Gasteiger partial charge in [-0.1, -0.05) is 35.9 Å². The van der Waals surface area contributed by atoms with Gasteiger partial charge < -0.3 is 14.8 Å². The van der Waals surface area contributed by atoms with E-state index in [9.17, 15) is 20.2 Å². The van der Waals surface area contributed by atoms with Crippen LogP contribution in [0.2, 0.25) is 0 Å². The van der Waals surface area contributed by atoms with E-state index in [1.54, 1.807) is 25.1 Å². The molecular weight excluding hydrogens is 446 g/mol. The van der Waals surface area contributed by atoms with Gasteiger partial charge in [0, 0.05) is 17.8 Å². The Labute approximate surface area is 203 Å². The summed E-state index contributed by atoms with van der Waals surface area (Å²) in [7, 11) is 0. The maximum Gasteiger partial charge on any atom is 0.269 e. The number of hydrogen-bond acceptors (Lipinski definition) is 6. The van der Waals surface area contributed by atoms with Gasteiger partial charge in [0.15, 0.2) is 11.5 Å². The van der Waals surface area contributed by atoms with Gasteiger partial charge >= 0.3 is 0 Å². The van der Waals surface area contributed by atoms with E-state index >= 15 is 0 Å². The number of anilines is 1. The van der Waals surface area contributed by atoms with Crippen LogP contribution in [-0.4, -0.2) is 17.4 Å². The second-order valence-electron chi connectivity index (χ2n) is 7.79. The standard InChI is InChI=1S/C27H25N3O5/c1-4-34-26-15-21(9-12-25(26)35-17-20-7-5-18(2)6-8-20)14-22(16-28)27(31)29-24-11-10-23(30(32)33)13-19(24)3/h5-15H,4,17H2,1-3H3,(H,29,31)/b22-14+. The molecule has 1 N–H and O–H groups in total. The summed E-state index contributed by atoms with van der Waals surface area (Å²) in [5.41, 5.74) is 3.47. The number of nitro groups is 1. The molecule has 0 aliphatic rings. The molecule has 0 saturated heterocycles. The summed E-state index contributed by atoms with van der Waals surface area (Å²) in [5, 5.41) is 23.1. The van der Waals surface area contributed by atoms with Gasteiger partial charge in [-0.2, -0.15) is 5.26 Å².